The lowest BCUT2D eigenvalue weighted by Gasteiger charge is -2.34. The molecule has 2 amide bonds. The number of nitrogens with one attached hydrogen (secondary N) is 2. The molecule has 7 heteroatoms. The van der Waals surface area contributed by atoms with Gasteiger partial charge in [-0.2, -0.15) is 0 Å². The number of methoxy groups -OCH3 is 1. The van der Waals surface area contributed by atoms with Crippen LogP contribution in [0.1, 0.15) is 24.9 Å². The van der Waals surface area contributed by atoms with Crippen molar-refractivity contribution in [3.05, 3.63) is 48.0 Å². The van der Waals surface area contributed by atoms with Gasteiger partial charge in [-0.3, -0.25) is 19.3 Å². The van der Waals surface area contributed by atoms with Crippen molar-refractivity contribution in [2.24, 2.45) is 0 Å². The van der Waals surface area contributed by atoms with Crippen molar-refractivity contribution in [3.63, 3.8) is 0 Å². The summed E-state index contributed by atoms with van der Waals surface area (Å²) in [6.45, 7) is 2.93. The number of piperazine rings is 1. The second-order valence-corrected chi connectivity index (χ2v) is 6.95. The lowest BCUT2D eigenvalue weighted by Crippen LogP contribution is -2.58. The molecule has 1 saturated heterocycles. The highest BCUT2D eigenvalue weighted by molar-refractivity contribution is 5.88. The first-order valence-corrected chi connectivity index (χ1v) is 9.34. The highest BCUT2D eigenvalue weighted by Gasteiger charge is 2.33. The Labute approximate surface area is 164 Å². The molecule has 2 aromatic rings. The van der Waals surface area contributed by atoms with E-state index in [1.165, 1.54) is 7.11 Å². The van der Waals surface area contributed by atoms with Gasteiger partial charge in [-0.1, -0.05) is 36.4 Å². The first kappa shape index (κ1) is 19.8. The molecule has 2 unspecified atom stereocenters. The Kier molecular flexibility index (Phi) is 6.26. The number of carbonyl (C=O) groups excluding carboxylic acids is 3. The zero-order valence-electron chi connectivity index (χ0n) is 16.1. The summed E-state index contributed by atoms with van der Waals surface area (Å²) in [5.41, 5.74) is 1.01. The van der Waals surface area contributed by atoms with Crippen molar-refractivity contribution in [3.8, 4) is 0 Å². The fraction of sp³-hybridized carbons (Fsp3) is 0.381. The van der Waals surface area contributed by atoms with Crippen molar-refractivity contribution in [1.29, 1.82) is 0 Å². The monoisotopic (exact) mass is 383 g/mol. The quantitative estimate of drug-likeness (QED) is 0.736. The summed E-state index contributed by atoms with van der Waals surface area (Å²) in [4.78, 5) is 38.0. The zero-order chi connectivity index (χ0) is 20.1. The van der Waals surface area contributed by atoms with E-state index in [0.29, 0.717) is 13.1 Å². The van der Waals surface area contributed by atoms with Crippen LogP contribution in [-0.4, -0.2) is 55.5 Å². The molecule has 3 rings (SSSR count). The van der Waals surface area contributed by atoms with Gasteiger partial charge < -0.3 is 15.4 Å². The van der Waals surface area contributed by atoms with Gasteiger partial charge in [0.15, 0.2) is 0 Å². The Morgan fingerprint density at radius 2 is 2.00 bits per heavy atom. The number of hydrogen-bond acceptors (Lipinski definition) is 5. The molecular weight excluding hydrogens is 358 g/mol. The smallest absolute Gasteiger partial charge is 0.307 e. The summed E-state index contributed by atoms with van der Waals surface area (Å²) in [7, 11) is 1.28. The van der Waals surface area contributed by atoms with Crippen LogP contribution >= 0.6 is 0 Å². The highest BCUT2D eigenvalue weighted by atomic mass is 16.5. The van der Waals surface area contributed by atoms with Crippen LogP contribution < -0.4 is 10.6 Å². The van der Waals surface area contributed by atoms with E-state index >= 15 is 0 Å². The van der Waals surface area contributed by atoms with Gasteiger partial charge in [0.05, 0.1) is 26.1 Å². The third-order valence-electron chi connectivity index (χ3n) is 5.03. The first-order chi connectivity index (χ1) is 13.5. The van der Waals surface area contributed by atoms with Gasteiger partial charge in [0.2, 0.25) is 11.8 Å². The lowest BCUT2D eigenvalue weighted by molar-refractivity contribution is -0.146. The standard InChI is InChI=1S/C21H25N3O4/c1-14(16-8-7-15-5-3-4-6-17(15)11-16)23-19(25)13-24-10-9-22-21(27)18(24)12-20(26)28-2/h3-8,11,14,18H,9-10,12-13H2,1-2H3,(H,22,27)(H,23,25). The summed E-state index contributed by atoms with van der Waals surface area (Å²) in [6, 6.07) is 13.3. The maximum Gasteiger partial charge on any atom is 0.307 e. The van der Waals surface area contributed by atoms with E-state index in [1.54, 1.807) is 4.90 Å². The molecular formula is C21H25N3O4. The van der Waals surface area contributed by atoms with Gasteiger partial charge in [0.25, 0.3) is 0 Å². The van der Waals surface area contributed by atoms with Crippen LogP contribution in [0.3, 0.4) is 0 Å². The van der Waals surface area contributed by atoms with E-state index in [0.717, 1.165) is 16.3 Å². The lowest BCUT2D eigenvalue weighted by atomic mass is 10.0. The summed E-state index contributed by atoms with van der Waals surface area (Å²) >= 11 is 0. The van der Waals surface area contributed by atoms with Gasteiger partial charge in [0.1, 0.15) is 6.04 Å². The first-order valence-electron chi connectivity index (χ1n) is 9.34. The number of amides is 2. The zero-order valence-corrected chi connectivity index (χ0v) is 16.1. The average Bonchev–Trinajstić information content (AvgIpc) is 2.69. The number of benzene rings is 2. The maximum atomic E-state index is 12.6. The molecule has 0 radical (unpaired) electrons. The van der Waals surface area contributed by atoms with Crippen molar-refractivity contribution >= 4 is 28.6 Å². The minimum absolute atomic E-state index is 0.0486. The third-order valence-corrected chi connectivity index (χ3v) is 5.03. The van der Waals surface area contributed by atoms with E-state index in [-0.39, 0.29) is 30.8 Å². The van der Waals surface area contributed by atoms with E-state index in [9.17, 15) is 14.4 Å². The molecule has 0 spiro atoms. The van der Waals surface area contributed by atoms with Gasteiger partial charge in [-0.25, -0.2) is 0 Å². The molecule has 2 N–H and O–H groups in total. The number of nitrogens with zero attached hydrogens (tertiary/aromatic N) is 1. The normalized spacial score (nSPS) is 18.4. The second kappa shape index (κ2) is 8.84. The minimum Gasteiger partial charge on any atom is -0.469 e. The number of fused-ring (bicyclic) bond motifs is 1. The Balaban J connectivity index is 1.64. The summed E-state index contributed by atoms with van der Waals surface area (Å²) in [5, 5.41) is 7.98. The van der Waals surface area contributed by atoms with Crippen molar-refractivity contribution in [2.75, 3.05) is 26.7 Å². The Morgan fingerprint density at radius 3 is 2.75 bits per heavy atom. The van der Waals surface area contributed by atoms with Crippen molar-refractivity contribution in [2.45, 2.75) is 25.4 Å². The van der Waals surface area contributed by atoms with Gasteiger partial charge in [-0.15, -0.1) is 0 Å². The minimum atomic E-state index is -0.692. The topological polar surface area (TPSA) is 87.7 Å². The molecule has 28 heavy (non-hydrogen) atoms. The predicted molar refractivity (Wildman–Crippen MR) is 106 cm³/mol. The number of ether oxygens (including phenoxy) is 1. The number of hydrogen-bond donors (Lipinski definition) is 2. The molecule has 2 aromatic carbocycles. The molecule has 0 aliphatic carbocycles. The van der Waals surface area contributed by atoms with E-state index in [4.69, 9.17) is 0 Å². The Hall–Kier alpha value is -2.93. The SMILES string of the molecule is COC(=O)CC1C(=O)NCCN1CC(=O)NC(C)c1ccc2ccccc2c1. The van der Waals surface area contributed by atoms with Crippen LogP contribution in [-0.2, 0) is 19.1 Å². The third kappa shape index (κ3) is 4.67. The molecule has 2 atom stereocenters. The van der Waals surface area contributed by atoms with E-state index in [1.807, 2.05) is 43.3 Å². The predicted octanol–water partition coefficient (Wildman–Crippen LogP) is 1.38. The van der Waals surface area contributed by atoms with Crippen LogP contribution in [0.15, 0.2) is 42.5 Å². The Morgan fingerprint density at radius 1 is 1.25 bits per heavy atom. The van der Waals surface area contributed by atoms with Crippen LogP contribution in [0, 0.1) is 0 Å². The van der Waals surface area contributed by atoms with Crippen LogP contribution in [0.2, 0.25) is 0 Å². The highest BCUT2D eigenvalue weighted by Crippen LogP contribution is 2.20. The summed E-state index contributed by atoms with van der Waals surface area (Å²) in [6.07, 6.45) is -0.0736. The van der Waals surface area contributed by atoms with Gasteiger partial charge in [-0.05, 0) is 29.3 Å². The van der Waals surface area contributed by atoms with Gasteiger partial charge in [0, 0.05) is 13.1 Å². The molecule has 0 aromatic heterocycles. The van der Waals surface area contributed by atoms with E-state index < -0.39 is 12.0 Å². The summed E-state index contributed by atoms with van der Waals surface area (Å²) in [5.74, 6) is -0.922. The molecule has 1 heterocycles. The van der Waals surface area contributed by atoms with E-state index in [2.05, 4.69) is 21.4 Å². The molecule has 0 saturated carbocycles. The number of rotatable bonds is 6. The number of esters is 1. The molecule has 1 fully saturated rings. The van der Waals surface area contributed by atoms with Crippen LogP contribution in [0.5, 0.6) is 0 Å². The average molecular weight is 383 g/mol. The summed E-state index contributed by atoms with van der Waals surface area (Å²) < 4.78 is 4.67. The second-order valence-electron chi connectivity index (χ2n) is 6.95. The van der Waals surface area contributed by atoms with Crippen molar-refractivity contribution in [1.82, 2.24) is 15.5 Å². The molecule has 0 bridgehead atoms. The fourth-order valence-electron chi connectivity index (χ4n) is 3.45. The van der Waals surface area contributed by atoms with Gasteiger partial charge >= 0.3 is 5.97 Å². The molecule has 1 aliphatic rings. The maximum absolute atomic E-state index is 12.6. The number of carbonyl (C=O) groups is 3. The van der Waals surface area contributed by atoms with Crippen molar-refractivity contribution < 1.29 is 19.1 Å². The fourth-order valence-corrected chi connectivity index (χ4v) is 3.45. The Bertz CT molecular complexity index is 883. The van der Waals surface area contributed by atoms with Crippen LogP contribution in [0.25, 0.3) is 10.8 Å². The molecule has 1 aliphatic heterocycles. The van der Waals surface area contributed by atoms with Crippen LogP contribution in [0.4, 0.5) is 0 Å². The molecule has 148 valence electrons. The largest absolute Gasteiger partial charge is 0.469 e. The molecule has 7 nitrogen and oxygen atoms in total.